The van der Waals surface area contributed by atoms with Crippen LogP contribution < -0.4 is 5.32 Å². The fourth-order valence-electron chi connectivity index (χ4n) is 1.90. The summed E-state index contributed by atoms with van der Waals surface area (Å²) in [5.41, 5.74) is 4.21. The molecule has 0 spiro atoms. The van der Waals surface area contributed by atoms with E-state index in [0.29, 0.717) is 6.04 Å². The number of hydrogen-bond acceptors (Lipinski definition) is 1. The highest BCUT2D eigenvalue weighted by molar-refractivity contribution is 5.31. The van der Waals surface area contributed by atoms with Crippen molar-refractivity contribution in [2.24, 2.45) is 0 Å². The van der Waals surface area contributed by atoms with Crippen molar-refractivity contribution in [3.05, 3.63) is 34.9 Å². The van der Waals surface area contributed by atoms with Crippen LogP contribution in [0, 0.1) is 13.8 Å². The van der Waals surface area contributed by atoms with Gasteiger partial charge in [-0.25, -0.2) is 0 Å². The maximum Gasteiger partial charge on any atom is 0.0320 e. The molecule has 1 heteroatoms. The van der Waals surface area contributed by atoms with Crippen LogP contribution in [0.25, 0.3) is 0 Å². The lowest BCUT2D eigenvalue weighted by atomic mass is 9.98. The standard InChI is InChI=1S/C14H23N/c1-5-7-14(15-6-2)13-9-8-11(3)12(4)10-13/h8-10,14-15H,5-7H2,1-4H3. The van der Waals surface area contributed by atoms with Gasteiger partial charge >= 0.3 is 0 Å². The van der Waals surface area contributed by atoms with E-state index in [1.54, 1.807) is 0 Å². The molecule has 0 aliphatic heterocycles. The third kappa shape index (κ3) is 3.35. The van der Waals surface area contributed by atoms with Crippen LogP contribution in [0.4, 0.5) is 0 Å². The van der Waals surface area contributed by atoms with E-state index in [2.05, 4.69) is 51.2 Å². The third-order valence-electron chi connectivity index (χ3n) is 2.96. The van der Waals surface area contributed by atoms with Crippen molar-refractivity contribution in [1.29, 1.82) is 0 Å². The minimum absolute atomic E-state index is 0.527. The van der Waals surface area contributed by atoms with Crippen molar-refractivity contribution in [3.63, 3.8) is 0 Å². The second kappa shape index (κ2) is 5.92. The lowest BCUT2D eigenvalue weighted by Crippen LogP contribution is -2.20. The van der Waals surface area contributed by atoms with Gasteiger partial charge in [-0.15, -0.1) is 0 Å². The lowest BCUT2D eigenvalue weighted by molar-refractivity contribution is 0.509. The Morgan fingerprint density at radius 1 is 1.13 bits per heavy atom. The SMILES string of the molecule is CCCC(NCC)c1ccc(C)c(C)c1. The number of nitrogens with one attached hydrogen (secondary N) is 1. The van der Waals surface area contributed by atoms with Crippen molar-refractivity contribution in [3.8, 4) is 0 Å². The average Bonchev–Trinajstić information content (AvgIpc) is 2.22. The molecule has 0 saturated carbocycles. The van der Waals surface area contributed by atoms with Crippen LogP contribution >= 0.6 is 0 Å². The summed E-state index contributed by atoms with van der Waals surface area (Å²) in [6, 6.07) is 7.33. The van der Waals surface area contributed by atoms with Crippen LogP contribution in [0.3, 0.4) is 0 Å². The van der Waals surface area contributed by atoms with E-state index in [9.17, 15) is 0 Å². The molecule has 0 aliphatic rings. The average molecular weight is 205 g/mol. The van der Waals surface area contributed by atoms with E-state index in [-0.39, 0.29) is 0 Å². The quantitative estimate of drug-likeness (QED) is 0.772. The molecule has 1 N–H and O–H groups in total. The summed E-state index contributed by atoms with van der Waals surface area (Å²) >= 11 is 0. The summed E-state index contributed by atoms with van der Waals surface area (Å²) < 4.78 is 0. The largest absolute Gasteiger partial charge is 0.310 e. The number of aryl methyl sites for hydroxylation is 2. The van der Waals surface area contributed by atoms with Gasteiger partial charge in [0.1, 0.15) is 0 Å². The first-order valence-electron chi connectivity index (χ1n) is 5.99. The Morgan fingerprint density at radius 3 is 2.40 bits per heavy atom. The molecule has 1 nitrogen and oxygen atoms in total. The molecule has 0 heterocycles. The minimum atomic E-state index is 0.527. The Bertz CT molecular complexity index is 298. The van der Waals surface area contributed by atoms with E-state index >= 15 is 0 Å². The van der Waals surface area contributed by atoms with Crippen LogP contribution in [0.1, 0.15) is 49.4 Å². The van der Waals surface area contributed by atoms with Gasteiger partial charge in [0.05, 0.1) is 0 Å². The van der Waals surface area contributed by atoms with Crippen molar-refractivity contribution >= 4 is 0 Å². The summed E-state index contributed by atoms with van der Waals surface area (Å²) in [7, 11) is 0. The monoisotopic (exact) mass is 205 g/mol. The first kappa shape index (κ1) is 12.3. The van der Waals surface area contributed by atoms with Gasteiger partial charge in [0.2, 0.25) is 0 Å². The van der Waals surface area contributed by atoms with Crippen molar-refractivity contribution in [2.75, 3.05) is 6.54 Å². The minimum Gasteiger partial charge on any atom is -0.310 e. The molecule has 1 unspecified atom stereocenters. The molecule has 15 heavy (non-hydrogen) atoms. The molecular weight excluding hydrogens is 182 g/mol. The molecule has 1 rings (SSSR count). The fraction of sp³-hybridized carbons (Fsp3) is 0.571. The van der Waals surface area contributed by atoms with Crippen LogP contribution in [0.2, 0.25) is 0 Å². The molecule has 1 atom stereocenters. The Balaban J connectivity index is 2.85. The Morgan fingerprint density at radius 2 is 1.87 bits per heavy atom. The van der Waals surface area contributed by atoms with E-state index in [4.69, 9.17) is 0 Å². The maximum absolute atomic E-state index is 3.55. The number of benzene rings is 1. The first-order chi connectivity index (χ1) is 7.19. The van der Waals surface area contributed by atoms with E-state index in [0.717, 1.165) is 6.54 Å². The Hall–Kier alpha value is -0.820. The molecule has 1 aromatic rings. The van der Waals surface area contributed by atoms with Crippen molar-refractivity contribution < 1.29 is 0 Å². The van der Waals surface area contributed by atoms with Gasteiger partial charge in [0.15, 0.2) is 0 Å². The summed E-state index contributed by atoms with van der Waals surface area (Å²) in [5, 5.41) is 3.55. The zero-order valence-corrected chi connectivity index (χ0v) is 10.4. The molecule has 0 saturated heterocycles. The zero-order chi connectivity index (χ0) is 11.3. The van der Waals surface area contributed by atoms with Gasteiger partial charge in [-0.3, -0.25) is 0 Å². The van der Waals surface area contributed by atoms with Crippen LogP contribution in [-0.4, -0.2) is 6.54 Å². The van der Waals surface area contributed by atoms with Gasteiger partial charge in [-0.05, 0) is 43.5 Å². The number of hydrogen-bond donors (Lipinski definition) is 1. The predicted molar refractivity (Wildman–Crippen MR) is 67.2 cm³/mol. The first-order valence-corrected chi connectivity index (χ1v) is 5.99. The van der Waals surface area contributed by atoms with Crippen LogP contribution in [0.5, 0.6) is 0 Å². The smallest absolute Gasteiger partial charge is 0.0320 e. The summed E-state index contributed by atoms with van der Waals surface area (Å²) in [6.45, 7) is 9.81. The number of rotatable bonds is 5. The molecule has 84 valence electrons. The van der Waals surface area contributed by atoms with Gasteiger partial charge in [-0.2, -0.15) is 0 Å². The molecule has 0 amide bonds. The molecule has 0 aliphatic carbocycles. The maximum atomic E-state index is 3.55. The molecular formula is C14H23N. The molecule has 0 radical (unpaired) electrons. The van der Waals surface area contributed by atoms with Gasteiger partial charge in [0, 0.05) is 6.04 Å². The zero-order valence-electron chi connectivity index (χ0n) is 10.4. The van der Waals surface area contributed by atoms with E-state index < -0.39 is 0 Å². The van der Waals surface area contributed by atoms with E-state index in [1.807, 2.05) is 0 Å². The fourth-order valence-corrected chi connectivity index (χ4v) is 1.90. The molecule has 1 aromatic carbocycles. The second-order valence-corrected chi connectivity index (χ2v) is 4.24. The van der Waals surface area contributed by atoms with Gasteiger partial charge in [0.25, 0.3) is 0 Å². The second-order valence-electron chi connectivity index (χ2n) is 4.24. The van der Waals surface area contributed by atoms with E-state index in [1.165, 1.54) is 29.5 Å². The molecule has 0 aromatic heterocycles. The highest BCUT2D eigenvalue weighted by Crippen LogP contribution is 2.20. The normalized spacial score (nSPS) is 12.8. The Kier molecular flexibility index (Phi) is 4.83. The van der Waals surface area contributed by atoms with Gasteiger partial charge in [-0.1, -0.05) is 38.5 Å². The van der Waals surface area contributed by atoms with Gasteiger partial charge < -0.3 is 5.32 Å². The summed E-state index contributed by atoms with van der Waals surface area (Å²) in [5.74, 6) is 0. The van der Waals surface area contributed by atoms with Crippen molar-refractivity contribution in [1.82, 2.24) is 5.32 Å². The van der Waals surface area contributed by atoms with Crippen LogP contribution in [0.15, 0.2) is 18.2 Å². The summed E-state index contributed by atoms with van der Waals surface area (Å²) in [4.78, 5) is 0. The predicted octanol–water partition coefficient (Wildman–Crippen LogP) is 3.75. The lowest BCUT2D eigenvalue weighted by Gasteiger charge is -2.18. The highest BCUT2D eigenvalue weighted by Gasteiger charge is 2.09. The third-order valence-corrected chi connectivity index (χ3v) is 2.96. The Labute approximate surface area is 93.9 Å². The summed E-state index contributed by atoms with van der Waals surface area (Å²) in [6.07, 6.45) is 2.45. The van der Waals surface area contributed by atoms with Crippen molar-refractivity contribution in [2.45, 2.75) is 46.6 Å². The highest BCUT2D eigenvalue weighted by atomic mass is 14.9. The topological polar surface area (TPSA) is 12.0 Å². The molecule has 0 fully saturated rings. The van der Waals surface area contributed by atoms with Crippen LogP contribution in [-0.2, 0) is 0 Å². The molecule has 0 bridgehead atoms.